The predicted octanol–water partition coefficient (Wildman–Crippen LogP) is 0.904. The van der Waals surface area contributed by atoms with E-state index in [4.69, 9.17) is 4.74 Å². The summed E-state index contributed by atoms with van der Waals surface area (Å²) in [6.45, 7) is 8.10. The Morgan fingerprint density at radius 2 is 1.69 bits per heavy atom. The van der Waals surface area contributed by atoms with Gasteiger partial charge in [-0.1, -0.05) is 51.1 Å². The Balaban J connectivity index is 2.08. The van der Waals surface area contributed by atoms with Crippen molar-refractivity contribution in [2.75, 3.05) is 0 Å². The Kier molecular flexibility index (Phi) is 4.44. The molecular formula is C20H23N3O3. The van der Waals surface area contributed by atoms with E-state index < -0.39 is 5.60 Å². The van der Waals surface area contributed by atoms with Crippen LogP contribution in [-0.2, 0) is 4.74 Å². The van der Waals surface area contributed by atoms with Crippen LogP contribution in [0.5, 0.6) is 0 Å². The molecule has 6 nitrogen and oxygen atoms in total. The molecule has 0 aliphatic carbocycles. The Labute approximate surface area is 151 Å². The molecule has 0 amide bonds. The van der Waals surface area contributed by atoms with E-state index in [1.165, 1.54) is 6.40 Å². The van der Waals surface area contributed by atoms with E-state index >= 15 is 0 Å². The van der Waals surface area contributed by atoms with E-state index in [2.05, 4.69) is 15.0 Å². The number of hydrogen-bond donors (Lipinski definition) is 2. The number of nitrogens with one attached hydrogen (secondary N) is 2. The van der Waals surface area contributed by atoms with E-state index in [0.29, 0.717) is 0 Å². The second kappa shape index (κ2) is 6.44. The van der Waals surface area contributed by atoms with Crippen LogP contribution in [0.15, 0.2) is 44.9 Å². The van der Waals surface area contributed by atoms with Crippen molar-refractivity contribution in [1.82, 2.24) is 9.97 Å². The van der Waals surface area contributed by atoms with E-state index in [1.54, 1.807) is 12.2 Å². The average molecular weight is 353 g/mol. The van der Waals surface area contributed by atoms with Gasteiger partial charge in [0, 0.05) is 5.41 Å². The molecule has 1 aromatic carbocycles. The lowest BCUT2D eigenvalue weighted by Crippen LogP contribution is -2.51. The molecule has 26 heavy (non-hydrogen) atoms. The van der Waals surface area contributed by atoms with Crippen LogP contribution in [0.1, 0.15) is 33.3 Å². The molecule has 2 atom stereocenters. The zero-order chi connectivity index (χ0) is 18.9. The number of aromatic amines is 2. The summed E-state index contributed by atoms with van der Waals surface area (Å²) in [6.07, 6.45) is 4.71. The molecule has 3 rings (SSSR count). The van der Waals surface area contributed by atoms with Crippen LogP contribution in [0.25, 0.3) is 12.2 Å². The fourth-order valence-corrected chi connectivity index (χ4v) is 2.83. The van der Waals surface area contributed by atoms with Gasteiger partial charge in [0.05, 0.1) is 0 Å². The first-order valence-corrected chi connectivity index (χ1v) is 8.51. The van der Waals surface area contributed by atoms with Gasteiger partial charge in [-0.05, 0) is 24.6 Å². The summed E-state index contributed by atoms with van der Waals surface area (Å²) in [4.78, 5) is 34.5. The summed E-state index contributed by atoms with van der Waals surface area (Å²) in [6, 6.07) is 8.97. The number of H-pyrrole nitrogens is 2. The highest BCUT2D eigenvalue weighted by atomic mass is 16.5. The highest BCUT2D eigenvalue weighted by Gasteiger charge is 2.47. The van der Waals surface area contributed by atoms with Gasteiger partial charge in [-0.2, -0.15) is 0 Å². The molecule has 136 valence electrons. The van der Waals surface area contributed by atoms with Crippen LogP contribution in [0.2, 0.25) is 0 Å². The lowest BCUT2D eigenvalue weighted by Gasteiger charge is -2.39. The Hall–Kier alpha value is -2.89. The van der Waals surface area contributed by atoms with E-state index in [1.807, 2.05) is 58.0 Å². The van der Waals surface area contributed by atoms with E-state index in [0.717, 1.165) is 5.56 Å². The minimum Gasteiger partial charge on any atom is -0.474 e. The molecule has 0 fully saturated rings. The quantitative estimate of drug-likeness (QED) is 0.841. The minimum atomic E-state index is -0.606. The first-order chi connectivity index (χ1) is 12.2. The molecule has 1 aliphatic rings. The van der Waals surface area contributed by atoms with Crippen LogP contribution in [0.3, 0.4) is 0 Å². The lowest BCUT2D eigenvalue weighted by molar-refractivity contribution is -0.0102. The van der Waals surface area contributed by atoms with Gasteiger partial charge in [0.2, 0.25) is 0 Å². The van der Waals surface area contributed by atoms with Crippen molar-refractivity contribution in [1.29, 1.82) is 0 Å². The minimum absolute atomic E-state index is 0.184. The SMILES string of the molecule is CC(C)(C)C1(C)OC=NC1/C=c1\[nH]c(=O)/c(=C/c2ccccc2)[nH]c1=O. The van der Waals surface area contributed by atoms with Crippen molar-refractivity contribution in [3.8, 4) is 0 Å². The normalized spacial score (nSPS) is 24.1. The largest absolute Gasteiger partial charge is 0.474 e. The molecule has 0 bridgehead atoms. The maximum atomic E-state index is 12.5. The zero-order valence-electron chi connectivity index (χ0n) is 15.4. The highest BCUT2D eigenvalue weighted by Crippen LogP contribution is 2.40. The summed E-state index contributed by atoms with van der Waals surface area (Å²) in [5.74, 6) is 0. The lowest BCUT2D eigenvalue weighted by atomic mass is 9.73. The molecule has 0 saturated carbocycles. The number of ether oxygens (including phenoxy) is 1. The third-order valence-electron chi connectivity index (χ3n) is 4.99. The first kappa shape index (κ1) is 17.9. The summed E-state index contributed by atoms with van der Waals surface area (Å²) in [5.41, 5.74) is -0.714. The van der Waals surface area contributed by atoms with Crippen molar-refractivity contribution in [3.63, 3.8) is 0 Å². The summed E-state index contributed by atoms with van der Waals surface area (Å²) in [5, 5.41) is 0.395. The van der Waals surface area contributed by atoms with E-state index in [-0.39, 0.29) is 33.3 Å². The Morgan fingerprint density at radius 3 is 2.35 bits per heavy atom. The molecule has 0 saturated heterocycles. The molecule has 2 N–H and O–H groups in total. The number of rotatable bonds is 2. The van der Waals surface area contributed by atoms with E-state index in [9.17, 15) is 9.59 Å². The zero-order valence-corrected chi connectivity index (χ0v) is 15.4. The molecule has 2 unspecified atom stereocenters. The third kappa shape index (κ3) is 3.27. The summed E-state index contributed by atoms with van der Waals surface area (Å²) >= 11 is 0. The Bertz CT molecular complexity index is 1060. The molecule has 1 aromatic heterocycles. The number of benzene rings is 1. The number of hydrogen-bond acceptors (Lipinski definition) is 4. The van der Waals surface area contributed by atoms with Crippen LogP contribution < -0.4 is 21.8 Å². The molecule has 2 aromatic rings. The number of aliphatic imine (C=N–C) groups is 1. The van der Waals surface area contributed by atoms with Crippen molar-refractivity contribution < 1.29 is 4.74 Å². The van der Waals surface area contributed by atoms with Gasteiger partial charge in [-0.25, -0.2) is 4.99 Å². The molecule has 0 radical (unpaired) electrons. The van der Waals surface area contributed by atoms with Crippen LogP contribution in [-0.4, -0.2) is 28.0 Å². The van der Waals surface area contributed by atoms with Crippen molar-refractivity contribution in [2.45, 2.75) is 39.3 Å². The first-order valence-electron chi connectivity index (χ1n) is 8.51. The average Bonchev–Trinajstić information content (AvgIpc) is 2.95. The number of aromatic nitrogens is 2. The second-order valence-corrected chi connectivity index (χ2v) is 7.63. The third-order valence-corrected chi connectivity index (χ3v) is 4.99. The fourth-order valence-electron chi connectivity index (χ4n) is 2.83. The van der Waals surface area contributed by atoms with Crippen LogP contribution in [0.4, 0.5) is 0 Å². The topological polar surface area (TPSA) is 87.3 Å². The van der Waals surface area contributed by atoms with Gasteiger partial charge < -0.3 is 14.7 Å². The van der Waals surface area contributed by atoms with Gasteiger partial charge >= 0.3 is 0 Å². The smallest absolute Gasteiger partial charge is 0.272 e. The maximum absolute atomic E-state index is 12.5. The predicted molar refractivity (Wildman–Crippen MR) is 103 cm³/mol. The van der Waals surface area contributed by atoms with Gasteiger partial charge in [0.1, 0.15) is 22.3 Å². The van der Waals surface area contributed by atoms with Crippen LogP contribution in [0, 0.1) is 5.41 Å². The monoisotopic (exact) mass is 353 g/mol. The molecule has 1 aliphatic heterocycles. The van der Waals surface area contributed by atoms with Gasteiger partial charge in [0.15, 0.2) is 6.40 Å². The summed E-state index contributed by atoms with van der Waals surface area (Å²) < 4.78 is 5.73. The fraction of sp³-hybridized carbons (Fsp3) is 0.350. The van der Waals surface area contributed by atoms with Gasteiger partial charge in [-0.3, -0.25) is 9.59 Å². The molecule has 2 heterocycles. The summed E-state index contributed by atoms with van der Waals surface area (Å²) in [7, 11) is 0. The van der Waals surface area contributed by atoms with Gasteiger partial charge in [-0.15, -0.1) is 0 Å². The molecule has 6 heteroatoms. The second-order valence-electron chi connectivity index (χ2n) is 7.63. The highest BCUT2D eigenvalue weighted by molar-refractivity contribution is 5.56. The molecule has 0 spiro atoms. The van der Waals surface area contributed by atoms with Crippen molar-refractivity contribution in [2.24, 2.45) is 10.4 Å². The van der Waals surface area contributed by atoms with Crippen molar-refractivity contribution >= 4 is 18.6 Å². The molecular weight excluding hydrogens is 330 g/mol. The number of nitrogens with zero attached hydrogens (tertiary/aromatic N) is 1. The van der Waals surface area contributed by atoms with Crippen molar-refractivity contribution in [3.05, 3.63) is 67.3 Å². The Morgan fingerprint density at radius 1 is 1.08 bits per heavy atom. The van der Waals surface area contributed by atoms with Gasteiger partial charge in [0.25, 0.3) is 11.1 Å². The van der Waals surface area contributed by atoms with Crippen LogP contribution >= 0.6 is 0 Å². The maximum Gasteiger partial charge on any atom is 0.272 e. The standard InChI is InChI=1S/C20H23N3O3/c1-19(2,3)20(4)16(21-12-26-20)11-15-18(25)22-14(17(24)23-15)10-13-8-6-5-7-9-13/h5-12,16H,1-4H3,(H,22,25)(H,23,24)/b14-10-,15-11-.